The number of aliphatic hydroxyl groups is 2. The Morgan fingerprint density at radius 2 is 1.42 bits per heavy atom. The van der Waals surface area contributed by atoms with Crippen LogP contribution >= 0.6 is 0 Å². The molecular formula is C54H69BN5O11. The molecule has 0 saturated carbocycles. The molecule has 4 heterocycles. The Hall–Kier alpha value is -6.33. The van der Waals surface area contributed by atoms with E-state index < -0.39 is 23.8 Å². The fourth-order valence-corrected chi connectivity index (χ4v) is 9.03. The van der Waals surface area contributed by atoms with Gasteiger partial charge in [0.1, 0.15) is 12.3 Å². The molecule has 379 valence electrons. The molecule has 0 aromatic heterocycles. The summed E-state index contributed by atoms with van der Waals surface area (Å²) in [5.74, 6) is 1.18. The van der Waals surface area contributed by atoms with E-state index in [1.54, 1.807) is 74.4 Å². The van der Waals surface area contributed by atoms with Crippen LogP contribution in [0, 0.1) is 16.2 Å². The summed E-state index contributed by atoms with van der Waals surface area (Å²) in [4.78, 5) is 63.8. The van der Waals surface area contributed by atoms with Crippen molar-refractivity contribution in [1.82, 2.24) is 9.80 Å². The second kappa shape index (κ2) is 21.6. The van der Waals surface area contributed by atoms with Crippen LogP contribution in [0.2, 0.25) is 0 Å². The molecule has 1 radical (unpaired) electrons. The highest BCUT2D eigenvalue weighted by Gasteiger charge is 2.47. The number of carbonyl (C=O) groups excluding carboxylic acids is 4. The van der Waals surface area contributed by atoms with Crippen molar-refractivity contribution >= 4 is 54.3 Å². The third kappa shape index (κ3) is 11.7. The van der Waals surface area contributed by atoms with Crippen molar-refractivity contribution < 1.29 is 53.1 Å². The molecule has 0 unspecified atom stereocenters. The zero-order valence-corrected chi connectivity index (χ0v) is 42.8. The van der Waals surface area contributed by atoms with E-state index in [9.17, 15) is 29.4 Å². The smallest absolute Gasteiger partial charge is 0.416 e. The highest BCUT2D eigenvalue weighted by atomic mass is 16.6. The summed E-state index contributed by atoms with van der Waals surface area (Å²) >= 11 is 0. The minimum Gasteiger partial charge on any atom is -0.493 e. The SMILES string of the molecule is C/C=C1\C[C@H]2C=Nc3cc(OCC(C)(C)CCC(C)(C)CCOc4cc5c(cc4OC)C(=O)N4C/C(=C/C)C[C@H]4[C@H](O)N5C(=O)OCc4ccc(N[B]C(=O)C(C)(C)CO)cc4)c(OC)cc3C(=O)N2C1. The number of ether oxygens (including phenoxy) is 5. The minimum absolute atomic E-state index is 0.0723. The summed E-state index contributed by atoms with van der Waals surface area (Å²) in [5.41, 5.74) is 3.20. The summed E-state index contributed by atoms with van der Waals surface area (Å²) in [7, 11) is 4.37. The first kappa shape index (κ1) is 52.5. The quantitative estimate of drug-likeness (QED) is 0.0769. The fourth-order valence-electron chi connectivity index (χ4n) is 9.03. The molecule has 3 aromatic rings. The Morgan fingerprint density at radius 1 is 0.803 bits per heavy atom. The molecule has 16 nitrogen and oxygen atoms in total. The molecule has 7 rings (SSSR count). The van der Waals surface area contributed by atoms with Crippen molar-refractivity contribution in [3.05, 3.63) is 88.5 Å². The number of methoxy groups -OCH3 is 2. The van der Waals surface area contributed by atoms with Gasteiger partial charge < -0.3 is 53.7 Å². The number of rotatable bonds is 19. The number of fused-ring (bicyclic) bond motifs is 4. The van der Waals surface area contributed by atoms with E-state index in [-0.39, 0.29) is 65.4 Å². The standard InChI is InChI=1S/C54H69BN5O11/c1-11-33-21-37-27-56-40-25-45(43(67-9)23-38(40)47(62)58(37)28-33)71-32-53(5,6)18-17-52(3,4)19-20-69-46-26-41-39(24-44(46)68-10)48(63)59-29-34(12-2)22-42(59)49(64)60(41)51(66)70-30-35-13-15-36(16-14-35)57-55-50(65)54(7,8)31-61/h11-16,23-27,37,42,49,57,61,64H,17-22,28-32H2,1-10H3/b33-11+,34-12+/t37-,42-,49-/m0/s1. The largest absolute Gasteiger partial charge is 0.493 e. The number of hydrogen-bond acceptors (Lipinski definition) is 13. The van der Waals surface area contributed by atoms with Gasteiger partial charge in [0.2, 0.25) is 0 Å². The highest BCUT2D eigenvalue weighted by Crippen LogP contribution is 2.44. The molecular weight excluding hydrogens is 905 g/mol. The lowest BCUT2D eigenvalue weighted by atomic mass is 9.71. The lowest BCUT2D eigenvalue weighted by molar-refractivity contribution is -0.121. The molecule has 71 heavy (non-hydrogen) atoms. The van der Waals surface area contributed by atoms with Gasteiger partial charge >= 0.3 is 13.5 Å². The second-order valence-corrected chi connectivity index (χ2v) is 21.1. The maximum atomic E-state index is 14.3. The van der Waals surface area contributed by atoms with Crippen molar-refractivity contribution in [2.24, 2.45) is 21.2 Å². The van der Waals surface area contributed by atoms with E-state index in [1.807, 2.05) is 31.0 Å². The Morgan fingerprint density at radius 3 is 2.08 bits per heavy atom. The van der Waals surface area contributed by atoms with Crippen molar-refractivity contribution in [2.75, 3.05) is 57.3 Å². The number of benzene rings is 3. The fraction of sp³-hybridized carbons (Fsp3) is 0.500. The van der Waals surface area contributed by atoms with Gasteiger partial charge in [-0.3, -0.25) is 14.6 Å². The Kier molecular flexibility index (Phi) is 16.0. The van der Waals surface area contributed by atoms with Gasteiger partial charge in [-0.1, -0.05) is 77.0 Å². The highest BCUT2D eigenvalue weighted by molar-refractivity contribution is 6.77. The normalized spacial score (nSPS) is 19.9. The summed E-state index contributed by atoms with van der Waals surface area (Å²) in [6.07, 6.45) is 7.01. The monoisotopic (exact) mass is 975 g/mol. The molecule has 0 aliphatic carbocycles. The van der Waals surface area contributed by atoms with E-state index in [2.05, 4.69) is 39.0 Å². The van der Waals surface area contributed by atoms with E-state index in [1.165, 1.54) is 20.1 Å². The lowest BCUT2D eigenvalue weighted by Crippen LogP contribution is -2.50. The molecule has 0 spiro atoms. The average molecular weight is 975 g/mol. The van der Waals surface area contributed by atoms with Gasteiger partial charge in [-0.05, 0) is 86.6 Å². The van der Waals surface area contributed by atoms with Crippen LogP contribution in [0.5, 0.6) is 23.0 Å². The minimum atomic E-state index is -1.44. The Bertz CT molecular complexity index is 2590. The Labute approximate surface area is 418 Å². The van der Waals surface area contributed by atoms with Crippen molar-refractivity contribution in [3.8, 4) is 23.0 Å². The van der Waals surface area contributed by atoms with Gasteiger partial charge in [-0.15, -0.1) is 0 Å². The third-order valence-corrected chi connectivity index (χ3v) is 14.2. The van der Waals surface area contributed by atoms with Crippen LogP contribution in [0.1, 0.15) is 114 Å². The number of anilines is 2. The summed E-state index contributed by atoms with van der Waals surface area (Å²) in [6.45, 7) is 17.0. The summed E-state index contributed by atoms with van der Waals surface area (Å²) < 4.78 is 30.2. The van der Waals surface area contributed by atoms with Crippen LogP contribution in [0.25, 0.3) is 0 Å². The van der Waals surface area contributed by atoms with Crippen LogP contribution < -0.4 is 29.1 Å². The molecule has 0 bridgehead atoms. The predicted molar refractivity (Wildman–Crippen MR) is 273 cm³/mol. The van der Waals surface area contributed by atoms with E-state index in [0.29, 0.717) is 78.0 Å². The van der Waals surface area contributed by atoms with Gasteiger partial charge in [0.15, 0.2) is 29.2 Å². The number of aliphatic imine (C=N–C) groups is 1. The summed E-state index contributed by atoms with van der Waals surface area (Å²) in [5, 5.41) is 24.4. The number of hydrogen-bond donors (Lipinski definition) is 3. The van der Waals surface area contributed by atoms with E-state index >= 15 is 0 Å². The molecule has 3 atom stereocenters. The molecule has 4 aliphatic rings. The first-order valence-corrected chi connectivity index (χ1v) is 24.3. The van der Waals surface area contributed by atoms with Gasteiger partial charge in [0.05, 0.1) is 68.6 Å². The number of amides is 3. The number of aliphatic hydroxyl groups excluding tert-OH is 2. The maximum Gasteiger partial charge on any atom is 0.416 e. The molecule has 2 fully saturated rings. The van der Waals surface area contributed by atoms with Crippen LogP contribution in [-0.2, 0) is 16.1 Å². The third-order valence-electron chi connectivity index (χ3n) is 14.2. The maximum absolute atomic E-state index is 14.3. The van der Waals surface area contributed by atoms with Crippen molar-refractivity contribution in [2.45, 2.75) is 112 Å². The van der Waals surface area contributed by atoms with Crippen LogP contribution in [-0.4, -0.2) is 123 Å². The average Bonchev–Trinajstić information content (AvgIpc) is 3.96. The van der Waals surface area contributed by atoms with Crippen LogP contribution in [0.3, 0.4) is 0 Å². The van der Waals surface area contributed by atoms with Gasteiger partial charge in [0.25, 0.3) is 11.8 Å². The van der Waals surface area contributed by atoms with Crippen LogP contribution in [0.15, 0.2) is 76.8 Å². The first-order chi connectivity index (χ1) is 33.7. The van der Waals surface area contributed by atoms with Gasteiger partial charge in [-0.25, -0.2) is 9.69 Å². The summed E-state index contributed by atoms with van der Waals surface area (Å²) in [6, 6.07) is 12.8. The van der Waals surface area contributed by atoms with Crippen molar-refractivity contribution in [3.63, 3.8) is 0 Å². The van der Waals surface area contributed by atoms with Gasteiger partial charge in [-0.2, -0.15) is 0 Å². The second-order valence-electron chi connectivity index (χ2n) is 21.1. The molecule has 17 heteroatoms. The molecule has 3 amide bonds. The number of nitrogens with one attached hydrogen (secondary N) is 1. The van der Waals surface area contributed by atoms with Gasteiger partial charge in [0, 0.05) is 42.5 Å². The van der Waals surface area contributed by atoms with Crippen LogP contribution in [0.4, 0.5) is 21.9 Å². The lowest BCUT2D eigenvalue weighted by Gasteiger charge is -2.32. The number of carbonyl (C=O) groups is 4. The molecule has 4 aliphatic heterocycles. The molecule has 3 aromatic carbocycles. The topological polar surface area (TPSA) is 189 Å². The van der Waals surface area contributed by atoms with E-state index in [0.717, 1.165) is 29.7 Å². The number of nitrogens with zero attached hydrogens (tertiary/aromatic N) is 4. The molecule has 2 saturated heterocycles. The zero-order valence-electron chi connectivity index (χ0n) is 42.8. The first-order valence-electron chi connectivity index (χ1n) is 24.3. The van der Waals surface area contributed by atoms with Crippen molar-refractivity contribution in [1.29, 1.82) is 0 Å². The number of allylic oxidation sites excluding steroid dienone is 2. The molecule has 3 N–H and O–H groups in total. The van der Waals surface area contributed by atoms with E-state index in [4.69, 9.17) is 28.7 Å². The predicted octanol–water partition coefficient (Wildman–Crippen LogP) is 8.47. The Balaban J connectivity index is 1.00. The zero-order chi connectivity index (χ0) is 51.4.